The van der Waals surface area contributed by atoms with E-state index in [1.54, 1.807) is 12.1 Å². The summed E-state index contributed by atoms with van der Waals surface area (Å²) in [5, 5.41) is 18.6. The highest BCUT2D eigenvalue weighted by atomic mass is 16.4. The lowest BCUT2D eigenvalue weighted by Crippen LogP contribution is -2.21. The molecule has 1 aliphatic carbocycles. The van der Waals surface area contributed by atoms with E-state index >= 15 is 0 Å². The van der Waals surface area contributed by atoms with E-state index < -0.39 is 12.0 Å². The van der Waals surface area contributed by atoms with Gasteiger partial charge in [-0.25, -0.2) is 0 Å². The van der Waals surface area contributed by atoms with E-state index in [2.05, 4.69) is 0 Å². The summed E-state index contributed by atoms with van der Waals surface area (Å²) >= 11 is 0. The van der Waals surface area contributed by atoms with Crippen molar-refractivity contribution in [3.63, 3.8) is 0 Å². The smallest absolute Gasteiger partial charge is 0.325 e. The molecule has 0 amide bonds. The molecule has 0 heterocycles. The highest BCUT2D eigenvalue weighted by molar-refractivity contribution is 5.76. The molecule has 0 aromatic heterocycles. The molecule has 98 valence electrons. The molecular weight excluding hydrogens is 230 g/mol. The number of carboxylic acids is 1. The summed E-state index contributed by atoms with van der Waals surface area (Å²) in [6, 6.07) is 4.03. The molecule has 0 bridgehead atoms. The minimum atomic E-state index is -1.16. The van der Waals surface area contributed by atoms with Gasteiger partial charge < -0.3 is 15.9 Å². The normalized spacial score (nSPS) is 18.5. The minimum absolute atomic E-state index is 0.0375. The number of phenols is 1. The summed E-state index contributed by atoms with van der Waals surface area (Å²) in [4.78, 5) is 10.9. The molecule has 1 aromatic rings. The Kier molecular flexibility index (Phi) is 3.87. The Hall–Kier alpha value is -1.55. The second-order valence-corrected chi connectivity index (χ2v) is 4.97. The first kappa shape index (κ1) is 12.9. The molecule has 1 aliphatic rings. The van der Waals surface area contributed by atoms with Crippen LogP contribution in [0.4, 0.5) is 0 Å². The molecule has 2 rings (SSSR count). The van der Waals surface area contributed by atoms with Crippen LogP contribution in [0.3, 0.4) is 0 Å². The fourth-order valence-electron chi connectivity index (χ4n) is 2.64. The van der Waals surface area contributed by atoms with E-state index in [4.69, 9.17) is 10.8 Å². The van der Waals surface area contributed by atoms with E-state index in [-0.39, 0.29) is 5.75 Å². The summed E-state index contributed by atoms with van der Waals surface area (Å²) in [5.41, 5.74) is 6.98. The van der Waals surface area contributed by atoms with Gasteiger partial charge in [-0.3, -0.25) is 4.79 Å². The predicted octanol–water partition coefficient (Wildman–Crippen LogP) is 2.52. The van der Waals surface area contributed by atoms with Gasteiger partial charge in [0.1, 0.15) is 11.8 Å². The number of hydrogen-bond donors (Lipinski definition) is 3. The summed E-state index contributed by atoms with van der Waals surface area (Å²) in [5.74, 6) is -0.686. The summed E-state index contributed by atoms with van der Waals surface area (Å²) < 4.78 is 0. The van der Waals surface area contributed by atoms with Crippen LogP contribution < -0.4 is 5.73 Å². The van der Waals surface area contributed by atoms with Crippen LogP contribution >= 0.6 is 0 Å². The predicted molar refractivity (Wildman–Crippen MR) is 68.5 cm³/mol. The van der Waals surface area contributed by atoms with Gasteiger partial charge in [-0.05, 0) is 36.5 Å². The van der Waals surface area contributed by atoms with Crippen LogP contribution in [0.15, 0.2) is 18.2 Å². The molecule has 1 saturated carbocycles. The number of nitrogens with two attached hydrogens (primary N) is 1. The third kappa shape index (κ3) is 2.64. The molecule has 0 aliphatic heterocycles. The van der Waals surface area contributed by atoms with Crippen molar-refractivity contribution in [2.45, 2.75) is 44.1 Å². The lowest BCUT2D eigenvalue weighted by atomic mass is 9.83. The topological polar surface area (TPSA) is 83.6 Å². The van der Waals surface area contributed by atoms with E-state index in [0.29, 0.717) is 11.5 Å². The van der Waals surface area contributed by atoms with Gasteiger partial charge in [0.25, 0.3) is 0 Å². The number of carbonyl (C=O) groups is 1. The molecule has 18 heavy (non-hydrogen) atoms. The monoisotopic (exact) mass is 249 g/mol. The van der Waals surface area contributed by atoms with Gasteiger partial charge in [-0.2, -0.15) is 0 Å². The van der Waals surface area contributed by atoms with Crippen LogP contribution in [-0.4, -0.2) is 16.2 Å². The highest BCUT2D eigenvalue weighted by Gasteiger charge is 2.21. The number of carboxylic acid groups (broad SMARTS) is 1. The molecule has 4 heteroatoms. The third-order valence-corrected chi connectivity index (χ3v) is 3.73. The van der Waals surface area contributed by atoms with Crippen molar-refractivity contribution in [3.05, 3.63) is 29.3 Å². The van der Waals surface area contributed by atoms with Gasteiger partial charge in [0.05, 0.1) is 0 Å². The number of aromatic hydroxyl groups is 1. The zero-order valence-corrected chi connectivity index (χ0v) is 10.3. The summed E-state index contributed by atoms with van der Waals surface area (Å²) in [7, 11) is 0. The SMILES string of the molecule is N[C@H](C(=O)O)c1cc(C2CCCCC2)ccc1O. The van der Waals surface area contributed by atoms with Crippen molar-refractivity contribution in [2.75, 3.05) is 0 Å². The standard InChI is InChI=1S/C14H19NO3/c15-13(14(17)18)11-8-10(6-7-12(11)16)9-4-2-1-3-5-9/h6-9,13,16H,1-5,15H2,(H,17,18)/t13-/m0/s1. The van der Waals surface area contributed by atoms with E-state index in [1.165, 1.54) is 19.3 Å². The molecule has 0 spiro atoms. The minimum Gasteiger partial charge on any atom is -0.508 e. The van der Waals surface area contributed by atoms with Gasteiger partial charge in [-0.15, -0.1) is 0 Å². The van der Waals surface area contributed by atoms with Crippen molar-refractivity contribution >= 4 is 5.97 Å². The molecule has 1 fully saturated rings. The largest absolute Gasteiger partial charge is 0.508 e. The second kappa shape index (κ2) is 5.40. The fraction of sp³-hybridized carbons (Fsp3) is 0.500. The van der Waals surface area contributed by atoms with E-state index in [0.717, 1.165) is 18.4 Å². The van der Waals surface area contributed by atoms with Crippen LogP contribution in [0.25, 0.3) is 0 Å². The first-order valence-electron chi connectivity index (χ1n) is 6.41. The highest BCUT2D eigenvalue weighted by Crippen LogP contribution is 2.35. The number of phenolic OH excluding ortho intramolecular Hbond substituents is 1. The summed E-state index contributed by atoms with van der Waals surface area (Å²) in [6.07, 6.45) is 5.97. The zero-order valence-electron chi connectivity index (χ0n) is 10.3. The van der Waals surface area contributed by atoms with Gasteiger partial charge in [0.15, 0.2) is 0 Å². The first-order valence-corrected chi connectivity index (χ1v) is 6.41. The Balaban J connectivity index is 2.27. The molecule has 0 unspecified atom stereocenters. The van der Waals surface area contributed by atoms with E-state index in [9.17, 15) is 9.90 Å². The molecule has 4 N–H and O–H groups in total. The average molecular weight is 249 g/mol. The molecular formula is C14H19NO3. The average Bonchev–Trinajstić information content (AvgIpc) is 2.39. The van der Waals surface area contributed by atoms with Crippen molar-refractivity contribution in [3.8, 4) is 5.75 Å². The molecule has 0 saturated heterocycles. The van der Waals surface area contributed by atoms with Crippen LogP contribution in [0.1, 0.15) is 55.2 Å². The maximum Gasteiger partial charge on any atom is 0.325 e. The molecule has 1 aromatic carbocycles. The van der Waals surface area contributed by atoms with Crippen molar-refractivity contribution in [1.82, 2.24) is 0 Å². The Bertz CT molecular complexity index is 439. The lowest BCUT2D eigenvalue weighted by molar-refractivity contribution is -0.138. The van der Waals surface area contributed by atoms with Crippen LogP contribution in [-0.2, 0) is 4.79 Å². The first-order chi connectivity index (χ1) is 8.59. The molecule has 0 radical (unpaired) electrons. The van der Waals surface area contributed by atoms with Crippen LogP contribution in [0.5, 0.6) is 5.75 Å². The third-order valence-electron chi connectivity index (χ3n) is 3.73. The van der Waals surface area contributed by atoms with Crippen molar-refractivity contribution in [2.24, 2.45) is 5.73 Å². The molecule has 4 nitrogen and oxygen atoms in total. The van der Waals surface area contributed by atoms with Gasteiger partial charge >= 0.3 is 5.97 Å². The number of benzene rings is 1. The Morgan fingerprint density at radius 2 is 1.94 bits per heavy atom. The van der Waals surface area contributed by atoms with E-state index in [1.807, 2.05) is 6.07 Å². The Morgan fingerprint density at radius 1 is 1.28 bits per heavy atom. The zero-order chi connectivity index (χ0) is 13.1. The van der Waals surface area contributed by atoms with Gasteiger partial charge in [-0.1, -0.05) is 25.3 Å². The van der Waals surface area contributed by atoms with Crippen molar-refractivity contribution in [1.29, 1.82) is 0 Å². The van der Waals surface area contributed by atoms with Crippen LogP contribution in [0, 0.1) is 0 Å². The van der Waals surface area contributed by atoms with Gasteiger partial charge in [0, 0.05) is 5.56 Å². The number of hydrogen-bond acceptors (Lipinski definition) is 3. The Labute approximate surface area is 106 Å². The summed E-state index contributed by atoms with van der Waals surface area (Å²) in [6.45, 7) is 0. The molecule has 1 atom stereocenters. The van der Waals surface area contributed by atoms with Crippen molar-refractivity contribution < 1.29 is 15.0 Å². The lowest BCUT2D eigenvalue weighted by Gasteiger charge is -2.23. The van der Waals surface area contributed by atoms with Crippen LogP contribution in [0.2, 0.25) is 0 Å². The number of aliphatic carboxylic acids is 1. The number of rotatable bonds is 3. The maximum atomic E-state index is 10.9. The quantitative estimate of drug-likeness (QED) is 0.768. The van der Waals surface area contributed by atoms with Gasteiger partial charge in [0.2, 0.25) is 0 Å². The Morgan fingerprint density at radius 3 is 2.56 bits per heavy atom. The fourth-order valence-corrected chi connectivity index (χ4v) is 2.64. The second-order valence-electron chi connectivity index (χ2n) is 4.97. The maximum absolute atomic E-state index is 10.9.